The van der Waals surface area contributed by atoms with Crippen LogP contribution in [0.2, 0.25) is 0 Å². The molecule has 6 unspecified atom stereocenters. The van der Waals surface area contributed by atoms with E-state index in [0.717, 1.165) is 79.1 Å². The van der Waals surface area contributed by atoms with Crippen molar-refractivity contribution in [1.29, 1.82) is 0 Å². The normalized spacial score (nSPS) is 24.6. The van der Waals surface area contributed by atoms with E-state index in [9.17, 15) is 9.59 Å². The lowest BCUT2D eigenvalue weighted by Gasteiger charge is -2.48. The van der Waals surface area contributed by atoms with Gasteiger partial charge < -0.3 is 39.1 Å². The number of methoxy groups -OCH3 is 2. The van der Waals surface area contributed by atoms with Crippen molar-refractivity contribution >= 4 is 55.0 Å². The van der Waals surface area contributed by atoms with Gasteiger partial charge in [-0.3, -0.25) is 9.80 Å². The summed E-state index contributed by atoms with van der Waals surface area (Å²) in [5.74, 6) is 1.04. The molecule has 4 aliphatic rings. The van der Waals surface area contributed by atoms with Gasteiger partial charge in [0.05, 0.1) is 47.9 Å². The summed E-state index contributed by atoms with van der Waals surface area (Å²) in [5, 5.41) is 9.54. The number of nitrogens with zero attached hydrogens (tertiary/aromatic N) is 4. The van der Waals surface area contributed by atoms with Crippen molar-refractivity contribution in [2.24, 2.45) is 0 Å². The first-order valence-corrected chi connectivity index (χ1v) is 25.6. The lowest BCUT2D eigenvalue weighted by atomic mass is 9.93. The topological polar surface area (TPSA) is 146 Å². The Hall–Kier alpha value is -5.36. The molecule has 0 radical (unpaired) electrons. The van der Waals surface area contributed by atoms with Gasteiger partial charge in [0, 0.05) is 88.2 Å². The first-order valence-electron chi connectivity index (χ1n) is 24.0. The lowest BCUT2D eigenvalue weighted by Crippen LogP contribution is -2.61. The van der Waals surface area contributed by atoms with Gasteiger partial charge in [0.15, 0.2) is 11.4 Å². The largest absolute Gasteiger partial charge is 0.497 e. The van der Waals surface area contributed by atoms with Crippen molar-refractivity contribution in [3.05, 3.63) is 107 Å². The molecular weight excluding hydrogens is 901 g/mol. The van der Waals surface area contributed by atoms with E-state index in [-0.39, 0.29) is 24.2 Å². The summed E-state index contributed by atoms with van der Waals surface area (Å²) in [6.45, 7) is 3.44. The number of hydrogen-bond acceptors (Lipinski definition) is 16. The molecule has 4 saturated heterocycles. The Balaban J connectivity index is 0.838. The van der Waals surface area contributed by atoms with Gasteiger partial charge in [-0.25, -0.2) is 19.6 Å². The molecule has 4 aromatic carbocycles. The molecule has 0 aliphatic carbocycles. The van der Waals surface area contributed by atoms with E-state index in [4.69, 9.17) is 38.4 Å². The number of para-hydroxylation sites is 2. The number of hydrogen-bond donors (Lipinski definition) is 2. The minimum Gasteiger partial charge on any atom is -0.497 e. The van der Waals surface area contributed by atoms with Crippen LogP contribution in [-0.4, -0.2) is 108 Å². The van der Waals surface area contributed by atoms with Crippen molar-refractivity contribution in [3.63, 3.8) is 0 Å². The molecular formula is C52H60N6O8S2. The summed E-state index contributed by atoms with van der Waals surface area (Å²) < 4.78 is 38.5. The Morgan fingerprint density at radius 1 is 0.618 bits per heavy atom. The maximum absolute atomic E-state index is 14.4. The molecule has 0 spiro atoms. The molecule has 2 N–H and O–H groups in total. The van der Waals surface area contributed by atoms with E-state index in [1.54, 1.807) is 36.9 Å². The van der Waals surface area contributed by atoms with Crippen LogP contribution in [-0.2, 0) is 32.2 Å². The maximum Gasteiger partial charge on any atom is 0.419 e. The molecule has 14 nitrogen and oxygen atoms in total. The summed E-state index contributed by atoms with van der Waals surface area (Å²) >= 11 is 3.37. The van der Waals surface area contributed by atoms with Crippen molar-refractivity contribution in [3.8, 4) is 23.0 Å². The minimum absolute atomic E-state index is 0.0482. The number of thiazole rings is 2. The van der Waals surface area contributed by atoms with E-state index >= 15 is 0 Å². The first kappa shape index (κ1) is 46.4. The van der Waals surface area contributed by atoms with Gasteiger partial charge in [-0.15, -0.1) is 22.7 Å². The Morgan fingerprint density at radius 3 is 1.50 bits per heavy atom. The quantitative estimate of drug-likeness (QED) is 0.0429. The number of piperidine rings is 2. The van der Waals surface area contributed by atoms with Gasteiger partial charge in [-0.05, 0) is 87.1 Å². The third-order valence-corrected chi connectivity index (χ3v) is 16.2. The molecule has 2 aromatic heterocycles. The number of fused-ring (bicyclic) bond motifs is 6. The monoisotopic (exact) mass is 960 g/mol. The number of carbonyl (C=O) groups is 2. The molecule has 68 heavy (non-hydrogen) atoms. The predicted molar refractivity (Wildman–Crippen MR) is 262 cm³/mol. The standard InChI is InChI=1S/C52H60N6O8S2/c1-61-39-11-7-13-41(29-39)63-25-9-23-57-37-19-21-51(57,31-35(27-37)53-33-47-55-43-15-3-5-17-45(43)67-47)65-49(59)50(60)66-52-22-20-38(58(52)24-10-26-64-42-14-8-12-40(30-42)62-2)28-36(32-52)54-34-48-56-44-16-4-6-18-46(44)68-48/h3-8,11-18,29-30,35-38,53-54H,9-10,19-28,31-34H2,1-2H3. The highest BCUT2D eigenvalue weighted by atomic mass is 32.1. The van der Waals surface area contributed by atoms with Crippen LogP contribution >= 0.6 is 22.7 Å². The van der Waals surface area contributed by atoms with Crippen LogP contribution < -0.4 is 29.6 Å². The second-order valence-electron chi connectivity index (χ2n) is 18.4. The average molecular weight is 961 g/mol. The fraction of sp³-hybridized carbons (Fsp3) is 0.462. The zero-order valence-corrected chi connectivity index (χ0v) is 40.4. The molecule has 6 aromatic rings. The number of esters is 2. The van der Waals surface area contributed by atoms with Gasteiger partial charge in [0.1, 0.15) is 33.0 Å². The van der Waals surface area contributed by atoms with E-state index in [2.05, 4.69) is 32.6 Å². The molecule has 0 saturated carbocycles. The highest BCUT2D eigenvalue weighted by Gasteiger charge is 2.57. The van der Waals surface area contributed by atoms with E-state index in [1.165, 1.54) is 0 Å². The Morgan fingerprint density at radius 2 is 1.06 bits per heavy atom. The number of nitrogens with one attached hydrogen (secondary N) is 2. The van der Waals surface area contributed by atoms with Crippen molar-refractivity contribution in [2.75, 3.05) is 40.5 Å². The fourth-order valence-corrected chi connectivity index (χ4v) is 12.9. The molecule has 10 rings (SSSR count). The van der Waals surface area contributed by atoms with E-state index in [0.29, 0.717) is 77.9 Å². The molecule has 6 atom stereocenters. The molecule has 4 aliphatic heterocycles. The van der Waals surface area contributed by atoms with Gasteiger partial charge in [0.2, 0.25) is 0 Å². The number of ether oxygens (including phenoxy) is 6. The SMILES string of the molecule is COc1cccc(OCCCN2C3CCC2(OC(=O)C(=O)OC24CCC(CC(NCc5nc6ccccc6s5)C2)N4CCCOc2cccc(OC)c2)CC(NCc2nc4ccccc4s2)C3)c1. The van der Waals surface area contributed by atoms with Crippen molar-refractivity contribution in [1.82, 2.24) is 30.4 Å². The smallest absolute Gasteiger partial charge is 0.419 e. The van der Waals surface area contributed by atoms with Crippen LogP contribution in [0.3, 0.4) is 0 Å². The highest BCUT2D eigenvalue weighted by molar-refractivity contribution is 7.18. The van der Waals surface area contributed by atoms with Crippen molar-refractivity contribution in [2.45, 2.75) is 113 Å². The van der Waals surface area contributed by atoms with Crippen LogP contribution in [0.15, 0.2) is 97.1 Å². The van der Waals surface area contributed by atoms with Crippen LogP contribution in [0.1, 0.15) is 74.2 Å². The van der Waals surface area contributed by atoms with Gasteiger partial charge in [0.25, 0.3) is 0 Å². The molecule has 0 amide bonds. The van der Waals surface area contributed by atoms with Crippen LogP contribution in [0.5, 0.6) is 23.0 Å². The third kappa shape index (κ3) is 10.3. The summed E-state index contributed by atoms with van der Waals surface area (Å²) in [4.78, 5) is 43.2. The minimum atomic E-state index is -0.985. The summed E-state index contributed by atoms with van der Waals surface area (Å²) in [7, 11) is 3.28. The zero-order chi connectivity index (χ0) is 46.5. The fourth-order valence-electron chi connectivity index (χ4n) is 11.1. The van der Waals surface area contributed by atoms with Gasteiger partial charge in [-0.2, -0.15) is 0 Å². The van der Waals surface area contributed by atoms with E-state index in [1.807, 2.05) is 84.9 Å². The Kier molecular flexibility index (Phi) is 14.1. The molecule has 358 valence electrons. The highest BCUT2D eigenvalue weighted by Crippen LogP contribution is 2.48. The third-order valence-electron chi connectivity index (χ3n) is 14.1. The summed E-state index contributed by atoms with van der Waals surface area (Å²) in [6, 6.07) is 31.9. The number of carbonyl (C=O) groups excluding carboxylic acids is 2. The lowest BCUT2D eigenvalue weighted by molar-refractivity contribution is -0.216. The number of benzene rings is 4. The second-order valence-corrected chi connectivity index (χ2v) is 20.6. The first-order chi connectivity index (χ1) is 33.3. The maximum atomic E-state index is 14.4. The molecule has 4 bridgehead atoms. The van der Waals surface area contributed by atoms with Gasteiger partial charge in [-0.1, -0.05) is 36.4 Å². The average Bonchev–Trinajstić information content (AvgIpc) is 4.08. The Labute approximate surface area is 405 Å². The molecule has 16 heteroatoms. The van der Waals surface area contributed by atoms with E-state index < -0.39 is 23.4 Å². The van der Waals surface area contributed by atoms with Crippen LogP contribution in [0, 0.1) is 0 Å². The number of rotatable bonds is 20. The molecule has 6 heterocycles. The van der Waals surface area contributed by atoms with Crippen LogP contribution in [0.25, 0.3) is 20.4 Å². The van der Waals surface area contributed by atoms with Gasteiger partial charge >= 0.3 is 11.9 Å². The van der Waals surface area contributed by atoms with Crippen LogP contribution in [0.4, 0.5) is 0 Å². The predicted octanol–water partition coefficient (Wildman–Crippen LogP) is 8.47. The summed E-state index contributed by atoms with van der Waals surface area (Å²) in [5.41, 5.74) is 0.0129. The molecule has 4 fully saturated rings. The Bertz CT molecular complexity index is 2450. The summed E-state index contributed by atoms with van der Waals surface area (Å²) in [6.07, 6.45) is 7.18. The zero-order valence-electron chi connectivity index (χ0n) is 38.7. The van der Waals surface area contributed by atoms with Crippen molar-refractivity contribution < 1.29 is 38.0 Å². The second kappa shape index (κ2) is 20.7. The number of aromatic nitrogens is 2.